The van der Waals surface area contributed by atoms with Crippen LogP contribution in [0.2, 0.25) is 0 Å². The van der Waals surface area contributed by atoms with Crippen molar-refractivity contribution in [2.75, 3.05) is 26.8 Å². The van der Waals surface area contributed by atoms with Gasteiger partial charge in [0.05, 0.1) is 17.0 Å². The Morgan fingerprint density at radius 3 is 2.32 bits per heavy atom. The number of carbonyl (C=O) groups is 2. The van der Waals surface area contributed by atoms with Gasteiger partial charge in [0, 0.05) is 38.6 Å². The second-order valence-electron chi connectivity index (χ2n) is 8.97. The molecule has 1 aliphatic rings. The molecule has 3 rings (SSSR count). The lowest BCUT2D eigenvalue weighted by atomic mass is 9.98. The van der Waals surface area contributed by atoms with E-state index in [2.05, 4.69) is 18.8 Å². The van der Waals surface area contributed by atoms with Crippen molar-refractivity contribution in [3.05, 3.63) is 48.2 Å². The molecule has 2 N–H and O–H groups in total. The van der Waals surface area contributed by atoms with E-state index in [1.807, 2.05) is 24.3 Å². The summed E-state index contributed by atoms with van der Waals surface area (Å²) in [6.45, 7) is 5.02. The van der Waals surface area contributed by atoms with Crippen LogP contribution in [0.25, 0.3) is 11.3 Å². The average Bonchev–Trinajstić information content (AvgIpc) is 2.84. The van der Waals surface area contributed by atoms with Crippen LogP contribution in [0.3, 0.4) is 0 Å². The van der Waals surface area contributed by atoms with Gasteiger partial charge in [-0.1, -0.05) is 38.1 Å². The number of pyridine rings is 1. The predicted molar refractivity (Wildman–Crippen MR) is 126 cm³/mol. The standard InChI is InChI=1S/C24H31N3O6S/c1-17(2)16-27(3)22(28)14-18-4-6-19(7-5-18)21-9-8-20(15-25-21)34(31,32)24(23(29)26-30)10-12-33-13-11-24/h4-9,15,17,30H,10-14,16H2,1-3H3,(H,26,29). The first-order valence-electron chi connectivity index (χ1n) is 11.2. The highest BCUT2D eigenvalue weighted by Gasteiger charge is 2.52. The Kier molecular flexibility index (Phi) is 8.06. The number of hydrogen-bond donors (Lipinski definition) is 2. The number of amides is 2. The van der Waals surface area contributed by atoms with Crippen molar-refractivity contribution in [2.24, 2.45) is 5.92 Å². The average molecular weight is 490 g/mol. The summed E-state index contributed by atoms with van der Waals surface area (Å²) in [7, 11) is -2.33. The summed E-state index contributed by atoms with van der Waals surface area (Å²) >= 11 is 0. The number of rotatable bonds is 8. The van der Waals surface area contributed by atoms with Crippen LogP contribution in [-0.4, -0.2) is 66.9 Å². The van der Waals surface area contributed by atoms with Crippen molar-refractivity contribution in [3.8, 4) is 11.3 Å². The molecule has 0 atom stereocenters. The van der Waals surface area contributed by atoms with Gasteiger partial charge in [-0.3, -0.25) is 19.8 Å². The maximum absolute atomic E-state index is 13.3. The van der Waals surface area contributed by atoms with E-state index in [1.54, 1.807) is 18.0 Å². The molecule has 0 unspecified atom stereocenters. The Morgan fingerprint density at radius 2 is 1.79 bits per heavy atom. The van der Waals surface area contributed by atoms with Gasteiger partial charge < -0.3 is 9.64 Å². The van der Waals surface area contributed by atoms with Gasteiger partial charge in [0.1, 0.15) is 0 Å². The Bertz CT molecular complexity index is 1110. The van der Waals surface area contributed by atoms with E-state index in [9.17, 15) is 18.0 Å². The second-order valence-corrected chi connectivity index (χ2v) is 11.2. The third-order valence-electron chi connectivity index (χ3n) is 6.05. The number of ether oxygens (including phenoxy) is 1. The molecule has 2 amide bonds. The van der Waals surface area contributed by atoms with Crippen molar-refractivity contribution in [1.29, 1.82) is 0 Å². The molecule has 0 radical (unpaired) electrons. The van der Waals surface area contributed by atoms with E-state index in [-0.39, 0.29) is 36.9 Å². The number of hydrogen-bond acceptors (Lipinski definition) is 7. The molecule has 2 aromatic rings. The number of nitrogens with zero attached hydrogens (tertiary/aromatic N) is 2. The lowest BCUT2D eigenvalue weighted by molar-refractivity contribution is -0.134. The SMILES string of the molecule is CC(C)CN(C)C(=O)Cc1ccc(-c2ccc(S(=O)(=O)C3(C(=O)NO)CCOCC3)cn2)cc1. The fraction of sp³-hybridized carbons (Fsp3) is 0.458. The fourth-order valence-electron chi connectivity index (χ4n) is 4.11. The van der Waals surface area contributed by atoms with Crippen LogP contribution in [0.1, 0.15) is 32.3 Å². The Hall–Kier alpha value is -2.82. The summed E-state index contributed by atoms with van der Waals surface area (Å²) in [4.78, 5) is 30.6. The zero-order valence-electron chi connectivity index (χ0n) is 19.7. The maximum atomic E-state index is 13.3. The van der Waals surface area contributed by atoms with Gasteiger partial charge in [0.25, 0.3) is 5.91 Å². The summed E-state index contributed by atoms with van der Waals surface area (Å²) in [5.41, 5.74) is 3.70. The molecule has 34 heavy (non-hydrogen) atoms. The molecule has 1 saturated heterocycles. The molecule has 0 spiro atoms. The topological polar surface area (TPSA) is 126 Å². The Morgan fingerprint density at radius 1 is 1.15 bits per heavy atom. The number of nitrogens with one attached hydrogen (secondary N) is 1. The van der Waals surface area contributed by atoms with Crippen LogP contribution in [0.5, 0.6) is 0 Å². The van der Waals surface area contributed by atoms with E-state index in [1.165, 1.54) is 17.7 Å². The molecular weight excluding hydrogens is 458 g/mol. The summed E-state index contributed by atoms with van der Waals surface area (Å²) in [6, 6.07) is 10.4. The third kappa shape index (κ3) is 5.29. The smallest absolute Gasteiger partial charge is 0.265 e. The molecule has 0 saturated carbocycles. The van der Waals surface area contributed by atoms with E-state index < -0.39 is 20.5 Å². The summed E-state index contributed by atoms with van der Waals surface area (Å²) in [5.74, 6) is -0.527. The minimum atomic E-state index is -4.13. The number of carbonyl (C=O) groups excluding carboxylic acids is 2. The van der Waals surface area contributed by atoms with E-state index in [0.29, 0.717) is 24.6 Å². The molecule has 9 nitrogen and oxygen atoms in total. The summed E-state index contributed by atoms with van der Waals surface area (Å²) in [5, 5.41) is 9.16. The van der Waals surface area contributed by atoms with Crippen molar-refractivity contribution >= 4 is 21.7 Å². The van der Waals surface area contributed by atoms with Crippen LogP contribution in [-0.2, 0) is 30.6 Å². The highest BCUT2D eigenvalue weighted by atomic mass is 32.2. The van der Waals surface area contributed by atoms with Crippen molar-refractivity contribution in [2.45, 2.75) is 42.8 Å². The molecule has 0 bridgehead atoms. The molecule has 1 aliphatic heterocycles. The minimum Gasteiger partial charge on any atom is -0.381 e. The van der Waals surface area contributed by atoms with Crippen molar-refractivity contribution in [3.63, 3.8) is 0 Å². The van der Waals surface area contributed by atoms with Crippen LogP contribution >= 0.6 is 0 Å². The first-order chi connectivity index (χ1) is 16.1. The summed E-state index contributed by atoms with van der Waals surface area (Å²) < 4.78 is 30.1. The molecular formula is C24H31N3O6S. The van der Waals surface area contributed by atoms with E-state index >= 15 is 0 Å². The number of benzene rings is 1. The van der Waals surface area contributed by atoms with Crippen molar-refractivity contribution in [1.82, 2.24) is 15.4 Å². The Labute approximate surface area is 200 Å². The van der Waals surface area contributed by atoms with Gasteiger partial charge in [-0.15, -0.1) is 0 Å². The monoisotopic (exact) mass is 489 g/mol. The number of hydroxylamine groups is 1. The molecule has 184 valence electrons. The minimum absolute atomic E-state index is 0.0445. The predicted octanol–water partition coefficient (Wildman–Crippen LogP) is 2.23. The lowest BCUT2D eigenvalue weighted by Gasteiger charge is -2.34. The second kappa shape index (κ2) is 10.6. The Balaban J connectivity index is 1.77. The van der Waals surface area contributed by atoms with Crippen molar-refractivity contribution < 1.29 is 28.0 Å². The first-order valence-corrected chi connectivity index (χ1v) is 12.7. The van der Waals surface area contributed by atoms with Crippen LogP contribution in [0.4, 0.5) is 0 Å². The zero-order chi connectivity index (χ0) is 24.9. The molecule has 10 heteroatoms. The lowest BCUT2D eigenvalue weighted by Crippen LogP contribution is -2.54. The highest BCUT2D eigenvalue weighted by molar-refractivity contribution is 7.93. The normalized spacial score (nSPS) is 15.7. The maximum Gasteiger partial charge on any atom is 0.265 e. The van der Waals surface area contributed by atoms with E-state index in [0.717, 1.165) is 11.1 Å². The van der Waals surface area contributed by atoms with Gasteiger partial charge in [-0.2, -0.15) is 0 Å². The molecule has 0 aliphatic carbocycles. The number of sulfone groups is 1. The van der Waals surface area contributed by atoms with E-state index in [4.69, 9.17) is 9.94 Å². The highest BCUT2D eigenvalue weighted by Crippen LogP contribution is 2.35. The molecule has 1 aromatic carbocycles. The van der Waals surface area contributed by atoms with Gasteiger partial charge in [-0.25, -0.2) is 13.9 Å². The molecule has 1 fully saturated rings. The van der Waals surface area contributed by atoms with Crippen LogP contribution in [0, 0.1) is 5.92 Å². The molecule has 1 aromatic heterocycles. The zero-order valence-corrected chi connectivity index (χ0v) is 20.5. The quantitative estimate of drug-likeness (QED) is 0.430. The molecule has 2 heterocycles. The third-order valence-corrected chi connectivity index (χ3v) is 8.53. The number of aromatic nitrogens is 1. The summed E-state index contributed by atoms with van der Waals surface area (Å²) in [6.07, 6.45) is 1.41. The largest absolute Gasteiger partial charge is 0.381 e. The van der Waals surface area contributed by atoms with Gasteiger partial charge in [0.15, 0.2) is 14.6 Å². The van der Waals surface area contributed by atoms with Gasteiger partial charge in [-0.05, 0) is 36.5 Å². The fourth-order valence-corrected chi connectivity index (χ4v) is 5.99. The van der Waals surface area contributed by atoms with Crippen LogP contribution in [0.15, 0.2) is 47.5 Å². The first kappa shape index (κ1) is 25.8. The van der Waals surface area contributed by atoms with Crippen LogP contribution < -0.4 is 5.48 Å². The van der Waals surface area contributed by atoms with Gasteiger partial charge >= 0.3 is 0 Å². The van der Waals surface area contributed by atoms with Gasteiger partial charge in [0.2, 0.25) is 5.91 Å². The number of likely N-dealkylation sites (N-methyl/N-ethyl adjacent to an activating group) is 1.